The van der Waals surface area contributed by atoms with Crippen molar-refractivity contribution in [3.63, 3.8) is 0 Å². The first-order valence-corrected chi connectivity index (χ1v) is 5.98. The van der Waals surface area contributed by atoms with Crippen LogP contribution in [0, 0.1) is 0 Å². The third kappa shape index (κ3) is 1.55. The van der Waals surface area contributed by atoms with Crippen LogP contribution in [0.15, 0.2) is 36.0 Å². The van der Waals surface area contributed by atoms with E-state index in [-0.39, 0.29) is 11.7 Å². The van der Waals surface area contributed by atoms with Gasteiger partial charge in [0, 0.05) is 23.6 Å². The zero-order valence-electron chi connectivity index (χ0n) is 8.71. The summed E-state index contributed by atoms with van der Waals surface area (Å²) in [6.07, 6.45) is 3.17. The van der Waals surface area contributed by atoms with Crippen molar-refractivity contribution in [2.75, 3.05) is 5.32 Å². The number of nitrogens with zero attached hydrogens (tertiary/aromatic N) is 1. The van der Waals surface area contributed by atoms with E-state index in [2.05, 4.69) is 10.3 Å². The highest BCUT2D eigenvalue weighted by Gasteiger charge is 2.37. The van der Waals surface area contributed by atoms with Crippen molar-refractivity contribution in [2.24, 2.45) is 0 Å². The standard InChI is InChI=1S/C12H8N2O2S/c15-11(9-2-1-5-17-9)10-7-6-13-4-3-8(7)14-12(10)16/h1-6,10H,(H,14,16). The summed E-state index contributed by atoms with van der Waals surface area (Å²) < 4.78 is 0. The molecule has 4 nitrogen and oxygen atoms in total. The van der Waals surface area contributed by atoms with Gasteiger partial charge in [-0.3, -0.25) is 14.6 Å². The van der Waals surface area contributed by atoms with Gasteiger partial charge >= 0.3 is 0 Å². The van der Waals surface area contributed by atoms with Crippen molar-refractivity contribution < 1.29 is 9.59 Å². The van der Waals surface area contributed by atoms with E-state index < -0.39 is 5.92 Å². The maximum absolute atomic E-state index is 12.2. The highest BCUT2D eigenvalue weighted by atomic mass is 32.1. The lowest BCUT2D eigenvalue weighted by Gasteiger charge is -2.04. The summed E-state index contributed by atoms with van der Waals surface area (Å²) >= 11 is 1.34. The number of Topliss-reactive ketones (excluding diaryl/α,β-unsaturated/α-hetero) is 1. The summed E-state index contributed by atoms with van der Waals surface area (Å²) in [5.74, 6) is -1.19. The van der Waals surface area contributed by atoms with Crippen molar-refractivity contribution >= 4 is 28.7 Å². The van der Waals surface area contributed by atoms with Gasteiger partial charge in [0.05, 0.1) is 4.88 Å². The van der Waals surface area contributed by atoms with Gasteiger partial charge < -0.3 is 5.32 Å². The molecule has 17 heavy (non-hydrogen) atoms. The number of pyridine rings is 1. The fraction of sp³-hybridized carbons (Fsp3) is 0.0833. The van der Waals surface area contributed by atoms with Gasteiger partial charge in [0.1, 0.15) is 5.92 Å². The van der Waals surface area contributed by atoms with Crippen molar-refractivity contribution in [2.45, 2.75) is 5.92 Å². The van der Waals surface area contributed by atoms with Crippen LogP contribution in [0.25, 0.3) is 0 Å². The van der Waals surface area contributed by atoms with Gasteiger partial charge in [0.15, 0.2) is 5.78 Å². The van der Waals surface area contributed by atoms with Crippen LogP contribution in [-0.4, -0.2) is 16.7 Å². The van der Waals surface area contributed by atoms with Gasteiger partial charge in [0.2, 0.25) is 5.91 Å². The molecule has 0 saturated carbocycles. The predicted octanol–water partition coefficient (Wildman–Crippen LogP) is 2.06. The lowest BCUT2D eigenvalue weighted by Crippen LogP contribution is -2.20. The number of fused-ring (bicyclic) bond motifs is 1. The molecule has 0 aliphatic carbocycles. The molecule has 0 radical (unpaired) electrons. The average molecular weight is 244 g/mol. The second kappa shape index (κ2) is 3.78. The van der Waals surface area contributed by atoms with Crippen molar-refractivity contribution in [1.82, 2.24) is 4.98 Å². The zero-order valence-corrected chi connectivity index (χ0v) is 9.53. The minimum absolute atomic E-state index is 0.163. The molecule has 2 aromatic rings. The van der Waals surface area contributed by atoms with Crippen LogP contribution >= 0.6 is 11.3 Å². The first kappa shape index (κ1) is 10.2. The van der Waals surface area contributed by atoms with Gasteiger partial charge in [-0.2, -0.15) is 0 Å². The third-order valence-corrected chi connectivity index (χ3v) is 3.59. The Morgan fingerprint density at radius 1 is 1.41 bits per heavy atom. The summed E-state index contributed by atoms with van der Waals surface area (Å²) in [6, 6.07) is 5.23. The SMILES string of the molecule is O=C1Nc2ccncc2C1C(=O)c1cccs1. The maximum Gasteiger partial charge on any atom is 0.240 e. The largest absolute Gasteiger partial charge is 0.325 e. The Morgan fingerprint density at radius 2 is 2.29 bits per heavy atom. The third-order valence-electron chi connectivity index (χ3n) is 2.71. The van der Waals surface area contributed by atoms with E-state index in [9.17, 15) is 9.59 Å². The van der Waals surface area contributed by atoms with Crippen LogP contribution in [0.2, 0.25) is 0 Å². The predicted molar refractivity (Wildman–Crippen MR) is 64.3 cm³/mol. The summed E-state index contributed by atoms with van der Waals surface area (Å²) in [5.41, 5.74) is 1.34. The van der Waals surface area contributed by atoms with E-state index in [0.717, 1.165) is 0 Å². The Kier molecular flexibility index (Phi) is 2.26. The number of carbonyl (C=O) groups is 2. The monoisotopic (exact) mass is 244 g/mol. The van der Waals surface area contributed by atoms with Crippen molar-refractivity contribution in [3.05, 3.63) is 46.4 Å². The summed E-state index contributed by atoms with van der Waals surface area (Å²) in [7, 11) is 0. The Hall–Kier alpha value is -2.01. The van der Waals surface area contributed by atoms with Crippen LogP contribution in [0.1, 0.15) is 21.2 Å². The molecule has 5 heteroatoms. The van der Waals surface area contributed by atoms with Gasteiger partial charge in [-0.25, -0.2) is 0 Å². The first-order chi connectivity index (χ1) is 8.27. The Bertz CT molecular complexity index is 592. The zero-order chi connectivity index (χ0) is 11.8. The van der Waals surface area contributed by atoms with Crippen molar-refractivity contribution in [3.8, 4) is 0 Å². The minimum Gasteiger partial charge on any atom is -0.325 e. The van der Waals surface area contributed by atoms with Gasteiger partial charge in [-0.15, -0.1) is 11.3 Å². The molecule has 0 aromatic carbocycles. The van der Waals surface area contributed by atoms with Crippen molar-refractivity contribution in [1.29, 1.82) is 0 Å². The minimum atomic E-state index is -0.752. The quantitative estimate of drug-likeness (QED) is 0.649. The van der Waals surface area contributed by atoms with Gasteiger partial charge in [-0.05, 0) is 17.5 Å². The van der Waals surface area contributed by atoms with Crippen LogP contribution in [0.4, 0.5) is 5.69 Å². The van der Waals surface area contributed by atoms with E-state index in [1.807, 2.05) is 5.38 Å². The number of carbonyl (C=O) groups excluding carboxylic acids is 2. The molecule has 1 amide bonds. The van der Waals surface area contributed by atoms with E-state index >= 15 is 0 Å². The van der Waals surface area contributed by atoms with E-state index in [1.165, 1.54) is 11.3 Å². The lowest BCUT2D eigenvalue weighted by molar-refractivity contribution is -0.116. The molecule has 1 aliphatic rings. The van der Waals surface area contributed by atoms with Crippen LogP contribution < -0.4 is 5.32 Å². The number of anilines is 1. The number of nitrogens with one attached hydrogen (secondary N) is 1. The fourth-order valence-corrected chi connectivity index (χ4v) is 2.61. The topological polar surface area (TPSA) is 59.1 Å². The number of hydrogen-bond donors (Lipinski definition) is 1. The molecule has 1 atom stereocenters. The normalized spacial score (nSPS) is 17.6. The average Bonchev–Trinajstić information content (AvgIpc) is 2.94. The number of thiophene rings is 1. The molecule has 2 aromatic heterocycles. The second-order valence-corrected chi connectivity index (χ2v) is 4.67. The number of amides is 1. The number of rotatable bonds is 2. The van der Waals surface area contributed by atoms with Crippen LogP contribution in [-0.2, 0) is 4.79 Å². The second-order valence-electron chi connectivity index (χ2n) is 3.73. The Morgan fingerprint density at radius 3 is 3.06 bits per heavy atom. The molecule has 0 saturated heterocycles. The highest BCUT2D eigenvalue weighted by molar-refractivity contribution is 7.12. The first-order valence-electron chi connectivity index (χ1n) is 5.10. The molecule has 0 spiro atoms. The molecule has 3 rings (SSSR count). The molecular formula is C12H8N2O2S. The van der Waals surface area contributed by atoms with E-state index in [0.29, 0.717) is 16.1 Å². The van der Waals surface area contributed by atoms with E-state index in [1.54, 1.807) is 30.6 Å². The molecule has 1 unspecified atom stereocenters. The smallest absolute Gasteiger partial charge is 0.240 e. The van der Waals surface area contributed by atoms with Gasteiger partial charge in [-0.1, -0.05) is 6.07 Å². The Balaban J connectivity index is 2.04. The molecule has 0 fully saturated rings. The number of aromatic nitrogens is 1. The summed E-state index contributed by atoms with van der Waals surface area (Å²) in [4.78, 5) is 28.6. The van der Waals surface area contributed by atoms with Crippen LogP contribution in [0.5, 0.6) is 0 Å². The lowest BCUT2D eigenvalue weighted by atomic mass is 9.97. The molecule has 3 heterocycles. The summed E-state index contributed by atoms with van der Waals surface area (Å²) in [5, 5.41) is 4.52. The van der Waals surface area contributed by atoms with Gasteiger partial charge in [0.25, 0.3) is 0 Å². The highest BCUT2D eigenvalue weighted by Crippen LogP contribution is 2.34. The number of hydrogen-bond acceptors (Lipinski definition) is 4. The molecule has 1 aliphatic heterocycles. The Labute approximate surface area is 101 Å². The number of ketones is 1. The maximum atomic E-state index is 12.2. The molecule has 84 valence electrons. The molecule has 0 bridgehead atoms. The molecule has 1 N–H and O–H groups in total. The molecular weight excluding hydrogens is 236 g/mol. The van der Waals surface area contributed by atoms with E-state index in [4.69, 9.17) is 0 Å². The summed E-state index contributed by atoms with van der Waals surface area (Å²) in [6.45, 7) is 0. The fourth-order valence-electron chi connectivity index (χ4n) is 1.92. The van der Waals surface area contributed by atoms with Crippen LogP contribution in [0.3, 0.4) is 0 Å².